The summed E-state index contributed by atoms with van der Waals surface area (Å²) in [4.78, 5) is 100. The fourth-order valence-corrected chi connectivity index (χ4v) is 6.74. The molecular formula is C44H62N10O8. The molecule has 1 aromatic heterocycles. The number of carbonyl (C=O) groups excluding carboxylic acids is 6. The van der Waals surface area contributed by atoms with E-state index in [9.17, 15) is 38.7 Å². The molecule has 0 unspecified atom stereocenters. The molecule has 5 atom stereocenters. The van der Waals surface area contributed by atoms with Crippen molar-refractivity contribution in [1.29, 1.82) is 0 Å². The van der Waals surface area contributed by atoms with Crippen LogP contribution in [0.1, 0.15) is 78.4 Å². The number of H-pyrrole nitrogens is 1. The van der Waals surface area contributed by atoms with Crippen molar-refractivity contribution in [3.05, 3.63) is 83.7 Å². The van der Waals surface area contributed by atoms with Crippen LogP contribution in [0.3, 0.4) is 0 Å². The highest BCUT2D eigenvalue weighted by atomic mass is 16.4. The number of nitrogens with one attached hydrogen (secondary N) is 7. The molecule has 1 heterocycles. The van der Waals surface area contributed by atoms with Gasteiger partial charge in [-0.1, -0.05) is 82.3 Å². The maximum atomic E-state index is 14.2. The Hall–Kier alpha value is -6.72. The number of nitrogens with zero attached hydrogens (tertiary/aromatic N) is 1. The van der Waals surface area contributed by atoms with Crippen molar-refractivity contribution in [3.63, 3.8) is 0 Å². The summed E-state index contributed by atoms with van der Waals surface area (Å²) >= 11 is 0. The first kappa shape index (κ1) is 49.6. The van der Waals surface area contributed by atoms with Crippen molar-refractivity contribution in [2.24, 2.45) is 28.3 Å². The first-order valence-electron chi connectivity index (χ1n) is 20.7. The van der Waals surface area contributed by atoms with Crippen LogP contribution in [-0.2, 0) is 46.4 Å². The van der Waals surface area contributed by atoms with E-state index in [1.807, 2.05) is 52.0 Å². The third-order valence-electron chi connectivity index (χ3n) is 9.73. The van der Waals surface area contributed by atoms with Gasteiger partial charge in [0, 0.05) is 43.4 Å². The van der Waals surface area contributed by atoms with E-state index >= 15 is 0 Å². The number of allylic oxidation sites excluding steroid dienone is 1. The summed E-state index contributed by atoms with van der Waals surface area (Å²) in [5.41, 5.74) is 12.9. The molecule has 0 aliphatic rings. The Morgan fingerprint density at radius 1 is 0.710 bits per heavy atom. The molecular weight excluding hydrogens is 797 g/mol. The van der Waals surface area contributed by atoms with E-state index in [2.05, 4.69) is 41.9 Å². The van der Waals surface area contributed by atoms with Gasteiger partial charge in [-0.15, -0.1) is 0 Å². The molecule has 0 aliphatic carbocycles. The number of aromatic amines is 1. The standard InChI is InChI=1S/C44H62N10O8/c1-7-31(38(56)54-37(43(61)62)23-29-24-48-32-17-12-11-16-30(29)32)50-42(60)36(22-28-14-9-8-10-15-28)53-41(59)35(21-26(4)5)52-39(57)33(18-13-19-47-44(45)46)51-40(58)34(20-25(2)3)49-27(6)55/h7-12,14-17,24-26,33-37,48H,13,18-23H2,1-6H3,(H,49,55)(H,50,60)(H,51,58)(H,52,57)(H,53,59)(H,54,56)(H,61,62)(H4,45,46,47)/b31-7+/t33-,34-,35-,36+,37-/m1/s1. The Labute approximate surface area is 361 Å². The minimum absolute atomic E-state index is 0.0124. The van der Waals surface area contributed by atoms with Crippen LogP contribution in [0, 0.1) is 11.8 Å². The maximum absolute atomic E-state index is 14.2. The Kier molecular flexibility index (Phi) is 19.6. The molecule has 0 saturated carbocycles. The number of aromatic nitrogens is 1. The fourth-order valence-electron chi connectivity index (χ4n) is 6.74. The van der Waals surface area contributed by atoms with Crippen LogP contribution in [0.4, 0.5) is 0 Å². The number of carboxylic acids is 1. The van der Waals surface area contributed by atoms with Crippen LogP contribution < -0.4 is 43.4 Å². The first-order valence-corrected chi connectivity index (χ1v) is 20.7. The van der Waals surface area contributed by atoms with Gasteiger partial charge in [-0.3, -0.25) is 33.8 Å². The van der Waals surface area contributed by atoms with Gasteiger partial charge in [0.1, 0.15) is 35.9 Å². The summed E-state index contributed by atoms with van der Waals surface area (Å²) in [6.45, 7) is 10.4. The average Bonchev–Trinajstić information content (AvgIpc) is 3.61. The quantitative estimate of drug-likeness (QED) is 0.0269. The van der Waals surface area contributed by atoms with E-state index in [1.54, 1.807) is 36.5 Å². The average molecular weight is 859 g/mol. The number of amides is 6. The van der Waals surface area contributed by atoms with Gasteiger partial charge in [0.15, 0.2) is 5.96 Å². The number of carbonyl (C=O) groups is 7. The Balaban J connectivity index is 1.85. The maximum Gasteiger partial charge on any atom is 0.326 e. The molecule has 62 heavy (non-hydrogen) atoms. The van der Waals surface area contributed by atoms with Crippen LogP contribution in [0.5, 0.6) is 0 Å². The Morgan fingerprint density at radius 2 is 1.27 bits per heavy atom. The van der Waals surface area contributed by atoms with Crippen LogP contribution in [-0.4, -0.2) is 94.2 Å². The number of hydrogen-bond donors (Lipinski definition) is 10. The third kappa shape index (κ3) is 16.4. The summed E-state index contributed by atoms with van der Waals surface area (Å²) in [5.74, 6) is -5.55. The largest absolute Gasteiger partial charge is 0.480 e. The molecule has 18 heteroatoms. The lowest BCUT2D eigenvalue weighted by atomic mass is 9.99. The van der Waals surface area contributed by atoms with Crippen LogP contribution in [0.2, 0.25) is 0 Å². The molecule has 18 nitrogen and oxygen atoms in total. The van der Waals surface area contributed by atoms with Crippen LogP contribution in [0.25, 0.3) is 10.9 Å². The summed E-state index contributed by atoms with van der Waals surface area (Å²) in [6.07, 6.45) is 3.75. The zero-order valence-corrected chi connectivity index (χ0v) is 36.2. The molecule has 0 aliphatic heterocycles. The fraction of sp³-hybridized carbons (Fsp3) is 0.455. The van der Waals surface area contributed by atoms with Gasteiger partial charge in [0.2, 0.25) is 29.5 Å². The number of rotatable bonds is 24. The molecule has 0 bridgehead atoms. The molecule has 3 rings (SSSR count). The van der Waals surface area contributed by atoms with E-state index in [0.29, 0.717) is 17.5 Å². The monoisotopic (exact) mass is 858 g/mol. The van der Waals surface area contributed by atoms with Crippen molar-refractivity contribution in [1.82, 2.24) is 36.9 Å². The summed E-state index contributed by atoms with van der Waals surface area (Å²) in [6, 6.07) is 10.3. The third-order valence-corrected chi connectivity index (χ3v) is 9.73. The second kappa shape index (κ2) is 24.5. The predicted octanol–water partition coefficient (Wildman–Crippen LogP) is 1.65. The number of nitrogens with two attached hydrogens (primary N) is 2. The van der Waals surface area contributed by atoms with Crippen LogP contribution in [0.15, 0.2) is 77.6 Å². The molecule has 336 valence electrons. The van der Waals surface area contributed by atoms with Gasteiger partial charge in [0.05, 0.1) is 0 Å². The molecule has 12 N–H and O–H groups in total. The lowest BCUT2D eigenvalue weighted by molar-refractivity contribution is -0.141. The molecule has 0 fully saturated rings. The van der Waals surface area contributed by atoms with Crippen molar-refractivity contribution in [2.45, 2.75) is 110 Å². The van der Waals surface area contributed by atoms with E-state index in [1.165, 1.54) is 19.9 Å². The second-order valence-corrected chi connectivity index (χ2v) is 16.0. The Morgan fingerprint density at radius 3 is 1.85 bits per heavy atom. The summed E-state index contributed by atoms with van der Waals surface area (Å²) in [5, 5.41) is 26.8. The predicted molar refractivity (Wildman–Crippen MR) is 236 cm³/mol. The van der Waals surface area contributed by atoms with Crippen molar-refractivity contribution in [3.8, 4) is 0 Å². The number of guanidine groups is 1. The number of para-hydroxylation sites is 1. The highest BCUT2D eigenvalue weighted by Crippen LogP contribution is 2.19. The van der Waals surface area contributed by atoms with Crippen molar-refractivity contribution in [2.75, 3.05) is 6.54 Å². The first-order chi connectivity index (χ1) is 29.4. The molecule has 2 aromatic carbocycles. The van der Waals surface area contributed by atoms with Crippen molar-refractivity contribution < 1.29 is 38.7 Å². The summed E-state index contributed by atoms with van der Waals surface area (Å²) < 4.78 is 0. The van der Waals surface area contributed by atoms with Gasteiger partial charge in [-0.2, -0.15) is 0 Å². The molecule has 0 radical (unpaired) electrons. The Bertz CT molecular complexity index is 2080. The topological polar surface area (TPSA) is 292 Å². The SMILES string of the molecule is C/C=C(/NC(=O)[C@H](Cc1ccccc1)NC(=O)[C@@H](CC(C)C)NC(=O)[C@@H](CCCN=C(N)N)NC(=O)[C@@H](CC(C)C)NC(C)=O)C(=O)N[C@H](Cc1c[nH]c2ccccc12)C(=O)O. The van der Waals surface area contributed by atoms with Gasteiger partial charge in [-0.25, -0.2) is 4.79 Å². The number of carboxylic acid groups (broad SMARTS) is 1. The second-order valence-electron chi connectivity index (χ2n) is 16.0. The van der Waals surface area contributed by atoms with Gasteiger partial charge >= 0.3 is 5.97 Å². The number of aliphatic imine (C=N–C) groups is 1. The van der Waals surface area contributed by atoms with Gasteiger partial charge < -0.3 is 53.5 Å². The smallest absolute Gasteiger partial charge is 0.326 e. The lowest BCUT2D eigenvalue weighted by Crippen LogP contribution is -2.59. The van der Waals surface area contributed by atoms with E-state index in [-0.39, 0.29) is 62.1 Å². The number of aliphatic carboxylic acids is 1. The van der Waals surface area contributed by atoms with Gasteiger partial charge in [0.25, 0.3) is 5.91 Å². The molecule has 0 spiro atoms. The normalized spacial score (nSPS) is 13.8. The summed E-state index contributed by atoms with van der Waals surface area (Å²) in [7, 11) is 0. The highest BCUT2D eigenvalue weighted by molar-refractivity contribution is 6.01. The van der Waals surface area contributed by atoms with E-state index in [0.717, 1.165) is 10.9 Å². The van der Waals surface area contributed by atoms with Crippen molar-refractivity contribution >= 4 is 58.3 Å². The van der Waals surface area contributed by atoms with Crippen LogP contribution >= 0.6 is 0 Å². The minimum Gasteiger partial charge on any atom is -0.480 e. The lowest BCUT2D eigenvalue weighted by Gasteiger charge is -2.27. The number of fused-ring (bicyclic) bond motifs is 1. The zero-order chi connectivity index (χ0) is 45.9. The number of hydrogen-bond acceptors (Lipinski definition) is 8. The highest BCUT2D eigenvalue weighted by Gasteiger charge is 2.33. The minimum atomic E-state index is -1.35. The molecule has 6 amide bonds. The number of benzene rings is 2. The van der Waals surface area contributed by atoms with E-state index < -0.39 is 71.6 Å². The van der Waals surface area contributed by atoms with Gasteiger partial charge in [-0.05, 0) is 61.6 Å². The molecule has 3 aromatic rings. The zero-order valence-electron chi connectivity index (χ0n) is 36.2. The molecule has 0 saturated heterocycles. The van der Waals surface area contributed by atoms with E-state index in [4.69, 9.17) is 11.5 Å².